The smallest absolute Gasteiger partial charge is 0.251 e. The molecule has 1 heterocycles. The Hall–Kier alpha value is -2.21. The number of carbonyl (C=O) groups is 1. The lowest BCUT2D eigenvalue weighted by molar-refractivity contribution is 0.0950. The van der Waals surface area contributed by atoms with E-state index in [4.69, 9.17) is 0 Å². The second-order valence-electron chi connectivity index (χ2n) is 4.57. The van der Waals surface area contributed by atoms with Gasteiger partial charge in [-0.15, -0.1) is 0 Å². The first-order chi connectivity index (χ1) is 9.70. The molecule has 0 radical (unpaired) electrons. The van der Waals surface area contributed by atoms with E-state index in [1.165, 1.54) is 0 Å². The molecule has 1 aromatic heterocycles. The maximum absolute atomic E-state index is 11.9. The zero-order valence-electron chi connectivity index (χ0n) is 11.3. The fraction of sp³-hybridized carbons (Fsp3) is 0.357. The molecule has 106 valence electrons. The van der Waals surface area contributed by atoms with Crippen molar-refractivity contribution in [2.45, 2.75) is 32.4 Å². The quantitative estimate of drug-likeness (QED) is 0.745. The largest absolute Gasteiger partial charge is 0.388 e. The van der Waals surface area contributed by atoms with Gasteiger partial charge in [-0.2, -0.15) is 15.4 Å². The molecule has 2 aromatic rings. The summed E-state index contributed by atoms with van der Waals surface area (Å²) in [5.41, 5.74) is 2.06. The van der Waals surface area contributed by atoms with Crippen LogP contribution in [0.25, 0.3) is 0 Å². The van der Waals surface area contributed by atoms with Crippen LogP contribution in [0.1, 0.15) is 47.5 Å². The Bertz CT molecular complexity index is 537. The third kappa shape index (κ3) is 3.64. The van der Waals surface area contributed by atoms with E-state index in [1.807, 2.05) is 6.92 Å². The van der Waals surface area contributed by atoms with E-state index in [9.17, 15) is 9.90 Å². The molecule has 0 saturated carbocycles. The first-order valence-corrected chi connectivity index (χ1v) is 6.61. The van der Waals surface area contributed by atoms with Crippen LogP contribution in [0.4, 0.5) is 0 Å². The molecular weight excluding hydrogens is 256 g/mol. The average Bonchev–Trinajstić information content (AvgIpc) is 2.98. The number of aromatic amines is 1. The van der Waals surface area contributed by atoms with Crippen molar-refractivity contribution in [1.29, 1.82) is 0 Å². The van der Waals surface area contributed by atoms with Crippen LogP contribution in [0.5, 0.6) is 0 Å². The second-order valence-corrected chi connectivity index (χ2v) is 4.57. The molecular formula is C14H18N4O2. The molecule has 6 heteroatoms. The van der Waals surface area contributed by atoms with E-state index in [-0.39, 0.29) is 5.91 Å². The van der Waals surface area contributed by atoms with E-state index < -0.39 is 6.10 Å². The van der Waals surface area contributed by atoms with E-state index >= 15 is 0 Å². The van der Waals surface area contributed by atoms with Crippen molar-refractivity contribution in [3.05, 3.63) is 47.3 Å². The summed E-state index contributed by atoms with van der Waals surface area (Å²) < 4.78 is 0. The first-order valence-electron chi connectivity index (χ1n) is 6.61. The Morgan fingerprint density at radius 3 is 2.75 bits per heavy atom. The highest BCUT2D eigenvalue weighted by Crippen LogP contribution is 2.18. The third-order valence-corrected chi connectivity index (χ3v) is 3.01. The second kappa shape index (κ2) is 6.81. The van der Waals surface area contributed by atoms with E-state index in [1.54, 1.807) is 30.5 Å². The molecule has 0 aliphatic carbocycles. The van der Waals surface area contributed by atoms with Crippen molar-refractivity contribution in [3.8, 4) is 0 Å². The highest BCUT2D eigenvalue weighted by molar-refractivity contribution is 5.94. The highest BCUT2D eigenvalue weighted by atomic mass is 16.3. The summed E-state index contributed by atoms with van der Waals surface area (Å²) in [7, 11) is 0. The number of nitrogens with zero attached hydrogens (tertiary/aromatic N) is 2. The number of hydrogen-bond donors (Lipinski definition) is 3. The van der Waals surface area contributed by atoms with Gasteiger partial charge in [0.25, 0.3) is 5.91 Å². The van der Waals surface area contributed by atoms with Gasteiger partial charge in [0.1, 0.15) is 5.69 Å². The van der Waals surface area contributed by atoms with Crippen LogP contribution in [0.3, 0.4) is 0 Å². The molecule has 1 atom stereocenters. The normalized spacial score (nSPS) is 12.1. The van der Waals surface area contributed by atoms with Gasteiger partial charge in [-0.25, -0.2) is 0 Å². The standard InChI is InChI=1S/C14H18N4O2/c1-2-3-13(19)10-4-6-11(7-5-10)14(20)15-8-12-9-16-18-17-12/h4-7,9,13,19H,2-3,8H2,1H3,(H,15,20)(H,16,17,18). The number of benzene rings is 1. The zero-order chi connectivity index (χ0) is 14.4. The van der Waals surface area contributed by atoms with Crippen molar-refractivity contribution < 1.29 is 9.90 Å². The maximum Gasteiger partial charge on any atom is 0.251 e. The Labute approximate surface area is 117 Å². The number of nitrogens with one attached hydrogen (secondary N) is 2. The van der Waals surface area contributed by atoms with Crippen molar-refractivity contribution in [1.82, 2.24) is 20.7 Å². The predicted molar refractivity (Wildman–Crippen MR) is 73.9 cm³/mol. The number of carbonyl (C=O) groups excluding carboxylic acids is 1. The molecule has 1 unspecified atom stereocenters. The fourth-order valence-corrected chi connectivity index (χ4v) is 1.88. The van der Waals surface area contributed by atoms with Crippen LogP contribution in [0.15, 0.2) is 30.5 Å². The Morgan fingerprint density at radius 1 is 1.40 bits per heavy atom. The summed E-state index contributed by atoms with van der Waals surface area (Å²) in [6.07, 6.45) is 2.73. The van der Waals surface area contributed by atoms with Gasteiger partial charge in [0.2, 0.25) is 0 Å². The molecule has 1 aromatic carbocycles. The minimum Gasteiger partial charge on any atom is -0.388 e. The van der Waals surface area contributed by atoms with E-state index in [0.717, 1.165) is 18.4 Å². The van der Waals surface area contributed by atoms with Crippen LogP contribution in [-0.4, -0.2) is 26.4 Å². The number of aromatic nitrogens is 3. The number of amides is 1. The number of hydrogen-bond acceptors (Lipinski definition) is 4. The average molecular weight is 274 g/mol. The zero-order valence-corrected chi connectivity index (χ0v) is 11.3. The maximum atomic E-state index is 11.9. The van der Waals surface area contributed by atoms with Crippen LogP contribution in [-0.2, 0) is 6.54 Å². The summed E-state index contributed by atoms with van der Waals surface area (Å²) in [5, 5.41) is 22.6. The van der Waals surface area contributed by atoms with Gasteiger partial charge in [-0.3, -0.25) is 4.79 Å². The summed E-state index contributed by atoms with van der Waals surface area (Å²) >= 11 is 0. The Morgan fingerprint density at radius 2 is 2.15 bits per heavy atom. The molecule has 3 N–H and O–H groups in total. The molecule has 0 aliphatic heterocycles. The highest BCUT2D eigenvalue weighted by Gasteiger charge is 2.09. The molecule has 0 saturated heterocycles. The fourth-order valence-electron chi connectivity index (χ4n) is 1.88. The van der Waals surface area contributed by atoms with Crippen LogP contribution < -0.4 is 5.32 Å². The summed E-state index contributed by atoms with van der Waals surface area (Å²) in [4.78, 5) is 11.9. The van der Waals surface area contributed by atoms with Gasteiger partial charge in [0.05, 0.1) is 18.8 Å². The van der Waals surface area contributed by atoms with E-state index in [2.05, 4.69) is 20.7 Å². The first kappa shape index (κ1) is 14.2. The Balaban J connectivity index is 1.93. The molecule has 0 aliphatic rings. The molecule has 1 amide bonds. The third-order valence-electron chi connectivity index (χ3n) is 3.01. The van der Waals surface area contributed by atoms with Crippen molar-refractivity contribution >= 4 is 5.91 Å². The minimum atomic E-state index is -0.466. The molecule has 0 fully saturated rings. The van der Waals surface area contributed by atoms with Crippen LogP contribution in [0.2, 0.25) is 0 Å². The van der Waals surface area contributed by atoms with Gasteiger partial charge >= 0.3 is 0 Å². The van der Waals surface area contributed by atoms with Crippen molar-refractivity contribution in [2.75, 3.05) is 0 Å². The van der Waals surface area contributed by atoms with Gasteiger partial charge < -0.3 is 10.4 Å². The summed E-state index contributed by atoms with van der Waals surface area (Å²) in [6.45, 7) is 2.35. The van der Waals surface area contributed by atoms with Crippen LogP contribution >= 0.6 is 0 Å². The van der Waals surface area contributed by atoms with Gasteiger partial charge in [0, 0.05) is 5.56 Å². The number of aliphatic hydroxyl groups excluding tert-OH is 1. The van der Waals surface area contributed by atoms with E-state index in [0.29, 0.717) is 17.8 Å². The summed E-state index contributed by atoms with van der Waals surface area (Å²) in [5.74, 6) is -0.176. The lowest BCUT2D eigenvalue weighted by Gasteiger charge is -2.10. The monoisotopic (exact) mass is 274 g/mol. The lowest BCUT2D eigenvalue weighted by Crippen LogP contribution is -2.23. The lowest BCUT2D eigenvalue weighted by atomic mass is 10.0. The topological polar surface area (TPSA) is 90.9 Å². The number of aliphatic hydroxyl groups is 1. The molecule has 6 nitrogen and oxygen atoms in total. The molecule has 20 heavy (non-hydrogen) atoms. The molecule has 0 bridgehead atoms. The van der Waals surface area contributed by atoms with Gasteiger partial charge in [-0.05, 0) is 24.1 Å². The van der Waals surface area contributed by atoms with Crippen molar-refractivity contribution in [3.63, 3.8) is 0 Å². The molecule has 0 spiro atoms. The van der Waals surface area contributed by atoms with Gasteiger partial charge in [0.15, 0.2) is 0 Å². The SMILES string of the molecule is CCCC(O)c1ccc(C(=O)NCc2cn[nH]n2)cc1. The minimum absolute atomic E-state index is 0.176. The Kier molecular flexibility index (Phi) is 4.84. The predicted octanol–water partition coefficient (Wildman–Crippen LogP) is 1.57. The van der Waals surface area contributed by atoms with Crippen molar-refractivity contribution in [2.24, 2.45) is 0 Å². The van der Waals surface area contributed by atoms with Gasteiger partial charge in [-0.1, -0.05) is 25.5 Å². The summed E-state index contributed by atoms with van der Waals surface area (Å²) in [6, 6.07) is 7.00. The molecule has 2 rings (SSSR count). The number of rotatable bonds is 6. The number of H-pyrrole nitrogens is 1. The van der Waals surface area contributed by atoms with Crippen LogP contribution in [0, 0.1) is 0 Å².